The van der Waals surface area contributed by atoms with Crippen molar-refractivity contribution in [1.29, 1.82) is 0 Å². The highest BCUT2D eigenvalue weighted by Gasteiger charge is 2.36. The quantitative estimate of drug-likeness (QED) is 0.449. The van der Waals surface area contributed by atoms with Gasteiger partial charge >= 0.3 is 12.1 Å². The van der Waals surface area contributed by atoms with Crippen molar-refractivity contribution < 1.29 is 23.5 Å². The van der Waals surface area contributed by atoms with Crippen molar-refractivity contribution in [3.05, 3.63) is 58.4 Å². The van der Waals surface area contributed by atoms with Crippen LogP contribution in [-0.4, -0.2) is 127 Å². The molecule has 2 aromatic rings. The number of para-hydroxylation sites is 1. The summed E-state index contributed by atoms with van der Waals surface area (Å²) in [5, 5.41) is 3.07. The number of nitrogens with one attached hydrogen (secondary N) is 1. The number of hydrogen-bond acceptors (Lipinski definition) is 7. The number of benzene rings is 2. The maximum atomic E-state index is 14.5. The van der Waals surface area contributed by atoms with Gasteiger partial charge in [0, 0.05) is 83.1 Å². The third-order valence-electron chi connectivity index (χ3n) is 10.2. The van der Waals surface area contributed by atoms with Crippen LogP contribution >= 0.6 is 11.6 Å². The molecule has 6 rings (SSSR count). The molecular formula is C34H45ClFN7O4. The molecule has 3 fully saturated rings. The third-order valence-corrected chi connectivity index (χ3v) is 10.5. The summed E-state index contributed by atoms with van der Waals surface area (Å²) in [6.07, 6.45) is 1.88. The molecule has 13 heteroatoms. The van der Waals surface area contributed by atoms with Crippen molar-refractivity contribution >= 4 is 41.0 Å². The molecule has 3 saturated heterocycles. The average Bonchev–Trinajstić information content (AvgIpc) is 3.25. The molecule has 254 valence electrons. The maximum absolute atomic E-state index is 14.5. The smallest absolute Gasteiger partial charge is 0.410 e. The number of halogens is 2. The predicted octanol–water partition coefficient (Wildman–Crippen LogP) is 3.90. The lowest BCUT2D eigenvalue weighted by molar-refractivity contribution is -0.142. The number of likely N-dealkylation sites (tertiary alicyclic amines) is 2. The lowest BCUT2D eigenvalue weighted by Crippen LogP contribution is -2.54. The second kappa shape index (κ2) is 14.7. The van der Waals surface area contributed by atoms with Crippen LogP contribution in [0.2, 0.25) is 5.02 Å². The molecule has 0 bridgehead atoms. The Bertz CT molecular complexity index is 1430. The number of rotatable bonds is 6. The fourth-order valence-electron chi connectivity index (χ4n) is 7.28. The second-order valence-electron chi connectivity index (χ2n) is 13.2. The largest absolute Gasteiger partial charge is 0.436 e. The molecule has 0 aromatic heterocycles. The standard InChI is InChI=1S/C34H45ClFN7O4/c1-39-16-18-40(19-17-39)25-7-11-41(12-8-25)32(44)30(22-23-20-27(35)31(37)28(36)21-23)47-34(46)42-13-9-26(10-14-42)43-15-6-24-4-2-3-5-29(24)38-33(43)45/h2-5,20-21,25-26,30H,6-19,22,37H2,1H3,(H,38,45)/t30-/m1/s1. The van der Waals surface area contributed by atoms with Crippen LogP contribution in [0.3, 0.4) is 0 Å². The molecule has 4 aliphatic rings. The number of anilines is 2. The first-order valence-electron chi connectivity index (χ1n) is 16.7. The maximum Gasteiger partial charge on any atom is 0.410 e. The third kappa shape index (κ3) is 7.76. The number of piperidine rings is 2. The molecule has 0 spiro atoms. The Hall–Kier alpha value is -3.61. The molecular weight excluding hydrogens is 625 g/mol. The number of carbonyl (C=O) groups is 3. The Morgan fingerprint density at radius 2 is 1.62 bits per heavy atom. The van der Waals surface area contributed by atoms with Crippen molar-refractivity contribution in [2.45, 2.75) is 56.7 Å². The van der Waals surface area contributed by atoms with E-state index in [0.717, 1.165) is 56.7 Å². The van der Waals surface area contributed by atoms with Gasteiger partial charge in [0.05, 0.1) is 10.7 Å². The molecule has 0 saturated carbocycles. The second-order valence-corrected chi connectivity index (χ2v) is 13.6. The van der Waals surface area contributed by atoms with Gasteiger partial charge in [0.1, 0.15) is 5.82 Å². The lowest BCUT2D eigenvalue weighted by atomic mass is 10.00. The first kappa shape index (κ1) is 33.3. The van der Waals surface area contributed by atoms with E-state index in [1.807, 2.05) is 29.2 Å². The van der Waals surface area contributed by atoms with E-state index in [0.29, 0.717) is 57.2 Å². The van der Waals surface area contributed by atoms with Crippen molar-refractivity contribution in [1.82, 2.24) is 24.5 Å². The van der Waals surface area contributed by atoms with Gasteiger partial charge in [-0.15, -0.1) is 0 Å². The number of urea groups is 1. The normalized spacial score (nSPS) is 21.2. The van der Waals surface area contributed by atoms with E-state index in [2.05, 4.69) is 22.2 Å². The van der Waals surface area contributed by atoms with Crippen molar-refractivity contribution in [2.75, 3.05) is 77.0 Å². The topological polar surface area (TPSA) is 115 Å². The number of ether oxygens (including phenoxy) is 1. The van der Waals surface area contributed by atoms with Gasteiger partial charge in [0.2, 0.25) is 0 Å². The van der Waals surface area contributed by atoms with E-state index in [-0.39, 0.29) is 35.1 Å². The Labute approximate surface area is 280 Å². The SMILES string of the molecule is CN1CCN(C2CCN(C(=O)[C@@H](Cc3cc(F)c(N)c(Cl)c3)OC(=O)N3CCC(N4CCc5ccccc5NC4=O)CC3)CC2)CC1. The van der Waals surface area contributed by atoms with Gasteiger partial charge in [0.25, 0.3) is 5.91 Å². The summed E-state index contributed by atoms with van der Waals surface area (Å²) in [7, 11) is 2.13. The highest BCUT2D eigenvalue weighted by Crippen LogP contribution is 2.28. The predicted molar refractivity (Wildman–Crippen MR) is 179 cm³/mol. The summed E-state index contributed by atoms with van der Waals surface area (Å²) >= 11 is 6.17. The molecule has 4 amide bonds. The van der Waals surface area contributed by atoms with E-state index < -0.39 is 18.0 Å². The number of carbonyl (C=O) groups excluding carboxylic acids is 3. The minimum Gasteiger partial charge on any atom is -0.436 e. The minimum absolute atomic E-state index is 0.0210. The molecule has 4 heterocycles. The van der Waals surface area contributed by atoms with E-state index in [1.54, 1.807) is 9.80 Å². The molecule has 3 N–H and O–H groups in total. The van der Waals surface area contributed by atoms with Crippen LogP contribution in [0.1, 0.15) is 36.8 Å². The zero-order chi connectivity index (χ0) is 33.1. The number of amides is 4. The highest BCUT2D eigenvalue weighted by atomic mass is 35.5. The number of piperazine rings is 1. The van der Waals surface area contributed by atoms with Crippen LogP contribution in [0.5, 0.6) is 0 Å². The zero-order valence-corrected chi connectivity index (χ0v) is 27.8. The Morgan fingerprint density at radius 1 is 0.957 bits per heavy atom. The van der Waals surface area contributed by atoms with Crippen LogP contribution in [-0.2, 0) is 22.4 Å². The number of nitrogen functional groups attached to an aromatic ring is 1. The summed E-state index contributed by atoms with van der Waals surface area (Å²) < 4.78 is 20.4. The average molecular weight is 670 g/mol. The first-order valence-corrected chi connectivity index (χ1v) is 17.1. The van der Waals surface area contributed by atoms with Crippen molar-refractivity contribution in [2.24, 2.45) is 0 Å². The van der Waals surface area contributed by atoms with Crippen molar-refractivity contribution in [3.8, 4) is 0 Å². The molecule has 2 aromatic carbocycles. The van der Waals surface area contributed by atoms with Gasteiger partial charge in [-0.2, -0.15) is 0 Å². The summed E-state index contributed by atoms with van der Waals surface area (Å²) in [5.74, 6) is -0.972. The fourth-order valence-corrected chi connectivity index (χ4v) is 7.52. The molecule has 0 aliphatic carbocycles. The summed E-state index contributed by atoms with van der Waals surface area (Å²) in [6.45, 7) is 6.61. The Morgan fingerprint density at radius 3 is 2.32 bits per heavy atom. The van der Waals surface area contributed by atoms with E-state index in [4.69, 9.17) is 22.1 Å². The van der Waals surface area contributed by atoms with Gasteiger partial charge in [-0.3, -0.25) is 9.69 Å². The van der Waals surface area contributed by atoms with Gasteiger partial charge in [0.15, 0.2) is 6.10 Å². The number of fused-ring (bicyclic) bond motifs is 1. The monoisotopic (exact) mass is 669 g/mol. The molecule has 4 aliphatic heterocycles. The molecule has 1 atom stereocenters. The van der Waals surface area contributed by atoms with Crippen LogP contribution in [0.25, 0.3) is 0 Å². The first-order chi connectivity index (χ1) is 22.7. The minimum atomic E-state index is -1.14. The van der Waals surface area contributed by atoms with Crippen LogP contribution in [0, 0.1) is 5.82 Å². The van der Waals surface area contributed by atoms with E-state index in [9.17, 15) is 18.8 Å². The Balaban J connectivity index is 1.08. The molecule has 0 unspecified atom stereocenters. The van der Waals surface area contributed by atoms with Gasteiger partial charge in [-0.05, 0) is 68.5 Å². The molecule has 11 nitrogen and oxygen atoms in total. The van der Waals surface area contributed by atoms with Gasteiger partial charge in [-0.1, -0.05) is 29.8 Å². The van der Waals surface area contributed by atoms with Crippen LogP contribution < -0.4 is 11.1 Å². The number of likely N-dealkylation sites (N-methyl/N-ethyl adjacent to an activating group) is 1. The van der Waals surface area contributed by atoms with E-state index in [1.165, 1.54) is 12.1 Å². The van der Waals surface area contributed by atoms with Gasteiger partial charge < -0.3 is 35.4 Å². The van der Waals surface area contributed by atoms with Gasteiger partial charge in [-0.25, -0.2) is 14.0 Å². The number of hydrogen-bond donors (Lipinski definition) is 2. The summed E-state index contributed by atoms with van der Waals surface area (Å²) in [6, 6.07) is 10.8. The van der Waals surface area contributed by atoms with Crippen LogP contribution in [0.4, 0.5) is 25.4 Å². The Kier molecular flexibility index (Phi) is 10.4. The fraction of sp³-hybridized carbons (Fsp3) is 0.559. The summed E-state index contributed by atoms with van der Waals surface area (Å²) in [4.78, 5) is 50.5. The zero-order valence-electron chi connectivity index (χ0n) is 27.0. The lowest BCUT2D eigenvalue weighted by Gasteiger charge is -2.42. The molecule has 0 radical (unpaired) electrons. The van der Waals surface area contributed by atoms with Crippen LogP contribution in [0.15, 0.2) is 36.4 Å². The highest BCUT2D eigenvalue weighted by molar-refractivity contribution is 6.33. The number of nitrogens with zero attached hydrogens (tertiary/aromatic N) is 5. The molecule has 47 heavy (non-hydrogen) atoms. The number of nitrogens with two attached hydrogens (primary N) is 1. The van der Waals surface area contributed by atoms with E-state index >= 15 is 0 Å². The summed E-state index contributed by atoms with van der Waals surface area (Å²) in [5.41, 5.74) is 7.91. The van der Waals surface area contributed by atoms with Crippen molar-refractivity contribution in [3.63, 3.8) is 0 Å².